The second-order valence-electron chi connectivity index (χ2n) is 5.36. The number of rotatable bonds is 5. The molecule has 7 heteroatoms. The van der Waals surface area contributed by atoms with Crippen molar-refractivity contribution in [1.82, 2.24) is 14.3 Å². The molecule has 0 amide bonds. The molecule has 2 aromatic heterocycles. The van der Waals surface area contributed by atoms with Crippen LogP contribution in [0.25, 0.3) is 16.2 Å². The maximum atomic E-state index is 13.7. The number of halogens is 1. The van der Waals surface area contributed by atoms with Gasteiger partial charge in [0.05, 0.1) is 7.11 Å². The molecule has 0 spiro atoms. The number of ether oxygens (including phenoxy) is 1. The van der Waals surface area contributed by atoms with Crippen LogP contribution < -0.4 is 4.74 Å². The number of imidazole rings is 1. The van der Waals surface area contributed by atoms with Gasteiger partial charge in [0.1, 0.15) is 11.4 Å². The van der Waals surface area contributed by atoms with Crippen LogP contribution in [0.3, 0.4) is 0 Å². The van der Waals surface area contributed by atoms with Crippen LogP contribution in [0.4, 0.5) is 4.39 Å². The van der Waals surface area contributed by atoms with E-state index < -0.39 is 5.82 Å². The smallest absolute Gasteiger partial charge is 0.206 e. The molecular formula is C17H16FN3O2S. The summed E-state index contributed by atoms with van der Waals surface area (Å²) in [6, 6.07) is 4.45. The lowest BCUT2D eigenvalue weighted by Crippen LogP contribution is -2.05. The Morgan fingerprint density at radius 2 is 2.21 bits per heavy atom. The van der Waals surface area contributed by atoms with Gasteiger partial charge in [-0.15, -0.1) is 11.3 Å². The maximum Gasteiger partial charge on any atom is 0.206 e. The van der Waals surface area contributed by atoms with Crippen molar-refractivity contribution >= 4 is 22.1 Å². The van der Waals surface area contributed by atoms with E-state index in [-0.39, 0.29) is 11.5 Å². The Labute approximate surface area is 142 Å². The fraction of sp³-hybridized carbons (Fsp3) is 0.176. The zero-order valence-electron chi connectivity index (χ0n) is 13.5. The summed E-state index contributed by atoms with van der Waals surface area (Å²) in [5.41, 5.74) is 1.58. The van der Waals surface area contributed by atoms with Crippen LogP contribution in [-0.4, -0.2) is 41.3 Å². The number of benzene rings is 1. The monoisotopic (exact) mass is 345 g/mol. The van der Waals surface area contributed by atoms with E-state index in [0.717, 1.165) is 0 Å². The van der Waals surface area contributed by atoms with Crippen molar-refractivity contribution in [1.29, 1.82) is 0 Å². The van der Waals surface area contributed by atoms with Gasteiger partial charge in [0.25, 0.3) is 0 Å². The van der Waals surface area contributed by atoms with Gasteiger partial charge in [-0.3, -0.25) is 9.20 Å². The molecule has 0 N–H and O–H groups in total. The summed E-state index contributed by atoms with van der Waals surface area (Å²) < 4.78 is 20.4. The summed E-state index contributed by atoms with van der Waals surface area (Å²) in [5, 5.41) is 1.86. The van der Waals surface area contributed by atoms with E-state index >= 15 is 0 Å². The Hall–Kier alpha value is -2.67. The van der Waals surface area contributed by atoms with Crippen molar-refractivity contribution in [3.63, 3.8) is 0 Å². The fourth-order valence-corrected chi connectivity index (χ4v) is 3.04. The van der Waals surface area contributed by atoms with E-state index in [0.29, 0.717) is 21.9 Å². The Balaban J connectivity index is 2.16. The van der Waals surface area contributed by atoms with E-state index in [1.54, 1.807) is 33.8 Å². The largest absolute Gasteiger partial charge is 0.494 e. The first kappa shape index (κ1) is 16.2. The maximum absolute atomic E-state index is 13.7. The minimum Gasteiger partial charge on any atom is -0.494 e. The Bertz CT molecular complexity index is 927. The van der Waals surface area contributed by atoms with E-state index in [1.165, 1.54) is 30.6 Å². The highest BCUT2D eigenvalue weighted by atomic mass is 32.1. The SMILES string of the molecule is COc1cc(-c2nc3sccn3c2C(=O)C=CN(C)C)ccc1F. The molecule has 24 heavy (non-hydrogen) atoms. The number of thiazole rings is 1. The molecule has 0 radical (unpaired) electrons. The van der Waals surface area contributed by atoms with Crippen LogP contribution in [0.15, 0.2) is 42.1 Å². The molecule has 3 aromatic rings. The molecule has 0 saturated heterocycles. The number of fused-ring (bicyclic) bond motifs is 1. The molecule has 3 rings (SSSR count). The number of carbonyl (C=O) groups is 1. The molecule has 124 valence electrons. The number of ketones is 1. The lowest BCUT2D eigenvalue weighted by Gasteiger charge is -2.06. The summed E-state index contributed by atoms with van der Waals surface area (Å²) in [5.74, 6) is -0.512. The van der Waals surface area contributed by atoms with Crippen molar-refractivity contribution in [2.24, 2.45) is 0 Å². The first-order chi connectivity index (χ1) is 11.5. The van der Waals surface area contributed by atoms with Gasteiger partial charge in [0.2, 0.25) is 5.78 Å². The highest BCUT2D eigenvalue weighted by Gasteiger charge is 2.20. The average molecular weight is 345 g/mol. The van der Waals surface area contributed by atoms with Crippen LogP contribution in [0.5, 0.6) is 5.75 Å². The lowest BCUT2D eigenvalue weighted by molar-refractivity contribution is 0.104. The predicted molar refractivity (Wildman–Crippen MR) is 92.2 cm³/mol. The number of aromatic nitrogens is 2. The number of nitrogens with zero attached hydrogens (tertiary/aromatic N) is 3. The van der Waals surface area contributed by atoms with Crippen molar-refractivity contribution in [3.05, 3.63) is 53.6 Å². The van der Waals surface area contributed by atoms with Gasteiger partial charge in [0.15, 0.2) is 16.5 Å². The van der Waals surface area contributed by atoms with Crippen molar-refractivity contribution in [2.75, 3.05) is 21.2 Å². The van der Waals surface area contributed by atoms with E-state index in [9.17, 15) is 9.18 Å². The quantitative estimate of drug-likeness (QED) is 0.525. The summed E-state index contributed by atoms with van der Waals surface area (Å²) >= 11 is 1.43. The second-order valence-corrected chi connectivity index (χ2v) is 6.23. The first-order valence-corrected chi connectivity index (χ1v) is 8.07. The summed E-state index contributed by atoms with van der Waals surface area (Å²) in [6.07, 6.45) is 4.97. The number of allylic oxidation sites excluding steroid dienone is 1. The topological polar surface area (TPSA) is 46.8 Å². The van der Waals surface area contributed by atoms with Crippen LogP contribution in [0.1, 0.15) is 10.5 Å². The zero-order chi connectivity index (χ0) is 17.3. The minimum atomic E-state index is -0.456. The van der Waals surface area contributed by atoms with Crippen molar-refractivity contribution in [2.45, 2.75) is 0 Å². The molecule has 0 atom stereocenters. The molecule has 0 saturated carbocycles. The van der Waals surface area contributed by atoms with Gasteiger partial charge >= 0.3 is 0 Å². The van der Waals surface area contributed by atoms with Gasteiger partial charge in [-0.2, -0.15) is 0 Å². The highest BCUT2D eigenvalue weighted by molar-refractivity contribution is 7.15. The van der Waals surface area contributed by atoms with Gasteiger partial charge in [-0.25, -0.2) is 9.37 Å². The Kier molecular flexibility index (Phi) is 4.35. The average Bonchev–Trinajstić information content (AvgIpc) is 3.13. The molecular weight excluding hydrogens is 329 g/mol. The van der Waals surface area contributed by atoms with Gasteiger partial charge in [-0.1, -0.05) is 0 Å². The zero-order valence-corrected chi connectivity index (χ0v) is 14.3. The fourth-order valence-electron chi connectivity index (χ4n) is 2.33. The number of hydrogen-bond acceptors (Lipinski definition) is 5. The standard InChI is InChI=1S/C17H16FN3O2S/c1-20(2)7-6-13(22)16-15(19-17-21(16)8-9-24-17)11-4-5-12(18)14(10-11)23-3/h4-10H,1-3H3. The van der Waals surface area contributed by atoms with Crippen molar-refractivity contribution < 1.29 is 13.9 Å². The van der Waals surface area contributed by atoms with E-state index in [4.69, 9.17) is 4.74 Å². The van der Waals surface area contributed by atoms with Crippen LogP contribution in [0.2, 0.25) is 0 Å². The summed E-state index contributed by atoms with van der Waals surface area (Å²) in [6.45, 7) is 0. The van der Waals surface area contributed by atoms with Gasteiger partial charge in [-0.05, 0) is 18.2 Å². The molecule has 5 nitrogen and oxygen atoms in total. The summed E-state index contributed by atoms with van der Waals surface area (Å²) in [4.78, 5) is 19.7. The van der Waals surface area contributed by atoms with Gasteiger partial charge in [0, 0.05) is 43.5 Å². The molecule has 2 heterocycles. The van der Waals surface area contributed by atoms with E-state index in [1.807, 2.05) is 19.5 Å². The lowest BCUT2D eigenvalue weighted by atomic mass is 10.1. The number of methoxy groups -OCH3 is 1. The third-order valence-electron chi connectivity index (χ3n) is 3.44. The molecule has 1 aromatic carbocycles. The molecule has 0 aliphatic rings. The predicted octanol–water partition coefficient (Wildman–Crippen LogP) is 3.47. The molecule has 0 bridgehead atoms. The second kappa shape index (κ2) is 6.45. The normalized spacial score (nSPS) is 11.3. The number of hydrogen-bond donors (Lipinski definition) is 0. The Morgan fingerprint density at radius 3 is 2.92 bits per heavy atom. The number of carbonyl (C=O) groups excluding carboxylic acids is 1. The molecule has 0 unspecified atom stereocenters. The van der Waals surface area contributed by atoms with Crippen LogP contribution in [0, 0.1) is 5.82 Å². The third-order valence-corrected chi connectivity index (χ3v) is 4.20. The highest BCUT2D eigenvalue weighted by Crippen LogP contribution is 2.30. The van der Waals surface area contributed by atoms with Crippen LogP contribution in [-0.2, 0) is 0 Å². The minimum absolute atomic E-state index is 0.117. The van der Waals surface area contributed by atoms with E-state index in [2.05, 4.69) is 4.98 Å². The van der Waals surface area contributed by atoms with Gasteiger partial charge < -0.3 is 9.64 Å². The molecule has 0 aliphatic heterocycles. The van der Waals surface area contributed by atoms with Crippen molar-refractivity contribution in [3.8, 4) is 17.0 Å². The molecule has 0 aliphatic carbocycles. The third kappa shape index (κ3) is 2.90. The van der Waals surface area contributed by atoms with Crippen LogP contribution >= 0.6 is 11.3 Å². The Morgan fingerprint density at radius 1 is 1.42 bits per heavy atom. The summed E-state index contributed by atoms with van der Waals surface area (Å²) in [7, 11) is 5.08. The first-order valence-electron chi connectivity index (χ1n) is 7.19. The molecule has 0 fully saturated rings.